The number of methoxy groups -OCH3 is 1. The molecule has 0 unspecified atom stereocenters. The zero-order valence-electron chi connectivity index (χ0n) is 15.9. The van der Waals surface area contributed by atoms with Crippen molar-refractivity contribution in [1.82, 2.24) is 9.13 Å². The molecule has 0 bridgehead atoms. The number of esters is 1. The smallest absolute Gasteiger partial charge is 0.326 e. The summed E-state index contributed by atoms with van der Waals surface area (Å²) in [4.78, 5) is 11.9. The van der Waals surface area contributed by atoms with E-state index in [0.29, 0.717) is 19.8 Å². The number of fused-ring (bicyclic) bond motifs is 1. The fourth-order valence-corrected chi connectivity index (χ4v) is 2.94. The Kier molecular flexibility index (Phi) is 7.52. The van der Waals surface area contributed by atoms with E-state index >= 15 is 0 Å². The summed E-state index contributed by atoms with van der Waals surface area (Å²) in [5.74, 6) is 1.15. The van der Waals surface area contributed by atoms with Crippen LogP contribution in [0.4, 0.5) is 0 Å². The fraction of sp³-hybridized carbons (Fsp3) is 0.300. The average molecular weight is 405 g/mol. The van der Waals surface area contributed by atoms with Crippen molar-refractivity contribution in [3.63, 3.8) is 0 Å². The highest BCUT2D eigenvalue weighted by atomic mass is 35.5. The van der Waals surface area contributed by atoms with Crippen molar-refractivity contribution in [3.05, 3.63) is 54.1 Å². The number of benzene rings is 2. The maximum absolute atomic E-state index is 11.9. The summed E-state index contributed by atoms with van der Waals surface area (Å²) in [7, 11) is 1.62. The lowest BCUT2D eigenvalue weighted by molar-refractivity contribution is -0.143. The van der Waals surface area contributed by atoms with Gasteiger partial charge in [0.1, 0.15) is 24.7 Å². The number of carbonyl (C=O) groups excluding carboxylic acids is 1. The summed E-state index contributed by atoms with van der Waals surface area (Å²) in [6, 6.07) is 15.0. The van der Waals surface area contributed by atoms with Gasteiger partial charge >= 0.3 is 5.97 Å². The minimum absolute atomic E-state index is 0. The molecule has 0 aliphatic carbocycles. The number of rotatable bonds is 8. The van der Waals surface area contributed by atoms with E-state index in [1.807, 2.05) is 53.1 Å². The van der Waals surface area contributed by atoms with Gasteiger partial charge in [0, 0.05) is 0 Å². The third kappa shape index (κ3) is 4.67. The lowest BCUT2D eigenvalue weighted by atomic mass is 10.3. The Morgan fingerprint density at radius 3 is 2.21 bits per heavy atom. The van der Waals surface area contributed by atoms with Crippen molar-refractivity contribution in [2.24, 2.45) is 0 Å². The first-order valence-corrected chi connectivity index (χ1v) is 8.79. The molecule has 0 aliphatic rings. The number of carbonyl (C=O) groups is 1. The van der Waals surface area contributed by atoms with Crippen LogP contribution in [0, 0.1) is 5.41 Å². The molecule has 0 amide bonds. The molecule has 8 heteroatoms. The molecule has 3 rings (SSSR count). The Balaban J connectivity index is 0.00000280. The fourth-order valence-electron chi connectivity index (χ4n) is 2.94. The Morgan fingerprint density at radius 1 is 1.00 bits per heavy atom. The highest BCUT2D eigenvalue weighted by molar-refractivity contribution is 5.78. The normalized spacial score (nSPS) is 10.4. The van der Waals surface area contributed by atoms with Crippen molar-refractivity contribution in [2.75, 3.05) is 20.3 Å². The van der Waals surface area contributed by atoms with Gasteiger partial charge in [-0.2, -0.15) is 0 Å². The molecule has 0 saturated carbocycles. The summed E-state index contributed by atoms with van der Waals surface area (Å²) >= 11 is 0. The average Bonchev–Trinajstić information content (AvgIpc) is 2.94. The highest BCUT2D eigenvalue weighted by Gasteiger charge is 2.13. The first kappa shape index (κ1) is 21.4. The number of imidazole rings is 1. The van der Waals surface area contributed by atoms with E-state index in [9.17, 15) is 4.79 Å². The van der Waals surface area contributed by atoms with Gasteiger partial charge in [-0.25, -0.2) is 0 Å². The third-order valence-corrected chi connectivity index (χ3v) is 4.21. The zero-order chi connectivity index (χ0) is 19.2. The predicted octanol–water partition coefficient (Wildman–Crippen LogP) is -0.423. The van der Waals surface area contributed by atoms with E-state index in [2.05, 4.69) is 0 Å². The van der Waals surface area contributed by atoms with Crippen LogP contribution in [0.2, 0.25) is 0 Å². The molecule has 1 aromatic heterocycles. The number of aromatic nitrogens is 2. The largest absolute Gasteiger partial charge is 1.00 e. The summed E-state index contributed by atoms with van der Waals surface area (Å²) in [6.45, 7) is 2.99. The highest BCUT2D eigenvalue weighted by Crippen LogP contribution is 2.17. The maximum Gasteiger partial charge on any atom is 0.326 e. The van der Waals surface area contributed by atoms with E-state index in [1.165, 1.54) is 0 Å². The molecule has 7 nitrogen and oxygen atoms in total. The second-order valence-corrected chi connectivity index (χ2v) is 5.88. The standard InChI is InChI=1S/C20H23N3O4.ClH/c1-3-26-19(24)14-23-18-7-5-4-6-17(18)22(20(23)21)12-13-27-16-10-8-15(25-2)9-11-16;/h4-11,21H,3,12-14H2,1-2H3;1H/p-1. The van der Waals surface area contributed by atoms with Crippen LogP contribution in [-0.2, 0) is 22.6 Å². The Hall–Kier alpha value is -2.93. The van der Waals surface area contributed by atoms with Crippen LogP contribution in [0.5, 0.6) is 11.5 Å². The molecule has 0 aliphatic heterocycles. The molecule has 0 saturated heterocycles. The first-order valence-electron chi connectivity index (χ1n) is 8.79. The summed E-state index contributed by atoms with van der Waals surface area (Å²) in [5.41, 5.74) is 1.94. The van der Waals surface area contributed by atoms with E-state index in [0.717, 1.165) is 22.5 Å². The lowest BCUT2D eigenvalue weighted by Gasteiger charge is -2.08. The molecule has 0 fully saturated rings. The molecular formula is C20H23ClN3O4-. The van der Waals surface area contributed by atoms with Crippen molar-refractivity contribution in [2.45, 2.75) is 20.0 Å². The van der Waals surface area contributed by atoms with Crippen LogP contribution in [0.1, 0.15) is 6.92 Å². The van der Waals surface area contributed by atoms with E-state index in [1.54, 1.807) is 18.6 Å². The Labute approximate surface area is 169 Å². The zero-order valence-corrected chi connectivity index (χ0v) is 16.6. The summed E-state index contributed by atoms with van der Waals surface area (Å²) in [5, 5.41) is 8.48. The van der Waals surface area contributed by atoms with E-state index in [-0.39, 0.29) is 30.5 Å². The van der Waals surface area contributed by atoms with Crippen LogP contribution < -0.4 is 27.5 Å². The van der Waals surface area contributed by atoms with E-state index < -0.39 is 0 Å². The van der Waals surface area contributed by atoms with Gasteiger partial charge in [-0.15, -0.1) is 0 Å². The minimum atomic E-state index is -0.353. The Morgan fingerprint density at radius 2 is 1.61 bits per heavy atom. The number of hydrogen-bond donors (Lipinski definition) is 1. The quantitative estimate of drug-likeness (QED) is 0.517. The van der Waals surface area contributed by atoms with Gasteiger partial charge in [-0.05, 0) is 43.3 Å². The molecule has 150 valence electrons. The second kappa shape index (κ2) is 9.85. The molecule has 0 radical (unpaired) electrons. The Bertz CT molecular complexity index is 979. The van der Waals surface area contributed by atoms with Gasteiger partial charge in [0.15, 0.2) is 0 Å². The topological polar surface area (TPSA) is 78.5 Å². The molecule has 0 atom stereocenters. The molecule has 2 aromatic carbocycles. The summed E-state index contributed by atoms with van der Waals surface area (Å²) < 4.78 is 19.4. The van der Waals surface area contributed by atoms with Gasteiger partial charge in [-0.3, -0.25) is 14.8 Å². The van der Waals surface area contributed by atoms with Crippen LogP contribution in [0.3, 0.4) is 0 Å². The molecule has 1 N–H and O–H groups in total. The number of ether oxygens (including phenoxy) is 3. The first-order chi connectivity index (χ1) is 13.1. The minimum Gasteiger partial charge on any atom is -1.00 e. The SMILES string of the molecule is CCOC(=O)Cn1c(=N)n(CCOc2ccc(OC)cc2)c2ccccc21.[Cl-]. The number of halogens is 1. The van der Waals surface area contributed by atoms with Crippen molar-refractivity contribution in [3.8, 4) is 11.5 Å². The molecule has 3 aromatic rings. The van der Waals surface area contributed by atoms with Crippen LogP contribution in [-0.4, -0.2) is 35.4 Å². The number of hydrogen-bond acceptors (Lipinski definition) is 5. The molecular weight excluding hydrogens is 382 g/mol. The van der Waals surface area contributed by atoms with Gasteiger partial charge < -0.3 is 31.2 Å². The van der Waals surface area contributed by atoms with Crippen LogP contribution >= 0.6 is 0 Å². The second-order valence-electron chi connectivity index (χ2n) is 5.88. The van der Waals surface area contributed by atoms with Gasteiger partial charge in [0.05, 0.1) is 31.3 Å². The number of nitrogens with one attached hydrogen (secondary N) is 1. The summed E-state index contributed by atoms with van der Waals surface area (Å²) in [6.07, 6.45) is 0. The lowest BCUT2D eigenvalue weighted by Crippen LogP contribution is -3.00. The van der Waals surface area contributed by atoms with Crippen molar-refractivity contribution in [1.29, 1.82) is 5.41 Å². The maximum atomic E-state index is 11.9. The van der Waals surface area contributed by atoms with Crippen molar-refractivity contribution < 1.29 is 31.4 Å². The van der Waals surface area contributed by atoms with Crippen LogP contribution in [0.15, 0.2) is 48.5 Å². The van der Waals surface area contributed by atoms with Gasteiger partial charge in [-0.1, -0.05) is 12.1 Å². The molecule has 28 heavy (non-hydrogen) atoms. The number of nitrogens with zero attached hydrogens (tertiary/aromatic N) is 2. The molecule has 0 spiro atoms. The van der Waals surface area contributed by atoms with Crippen molar-refractivity contribution >= 4 is 17.0 Å². The van der Waals surface area contributed by atoms with Gasteiger partial charge in [0.25, 0.3) is 0 Å². The third-order valence-electron chi connectivity index (χ3n) is 4.21. The number of para-hydroxylation sites is 2. The van der Waals surface area contributed by atoms with E-state index in [4.69, 9.17) is 19.6 Å². The monoisotopic (exact) mass is 404 g/mol. The molecule has 1 heterocycles. The van der Waals surface area contributed by atoms with Crippen LogP contribution in [0.25, 0.3) is 11.0 Å². The predicted molar refractivity (Wildman–Crippen MR) is 101 cm³/mol. The van der Waals surface area contributed by atoms with Gasteiger partial charge in [0.2, 0.25) is 5.62 Å².